The predicted molar refractivity (Wildman–Crippen MR) is 89.0 cm³/mol. The van der Waals surface area contributed by atoms with Crippen molar-refractivity contribution in [1.29, 1.82) is 0 Å². The predicted octanol–water partition coefficient (Wildman–Crippen LogP) is 3.59. The number of carbonyl (C=O) groups excluding carboxylic acids is 1. The lowest BCUT2D eigenvalue weighted by atomic mass is 10.1. The molecule has 0 aliphatic heterocycles. The van der Waals surface area contributed by atoms with E-state index in [2.05, 4.69) is 15.9 Å². The van der Waals surface area contributed by atoms with Crippen LogP contribution in [-0.4, -0.2) is 18.7 Å². The zero-order chi connectivity index (χ0) is 15.7. The monoisotopic (exact) mass is 377 g/mol. The van der Waals surface area contributed by atoms with Crippen LogP contribution in [0.15, 0.2) is 59.5 Å². The molecule has 1 heterocycles. The van der Waals surface area contributed by atoms with Crippen molar-refractivity contribution >= 4 is 43.1 Å². The van der Waals surface area contributed by atoms with Gasteiger partial charge in [-0.3, -0.25) is 4.79 Å². The zero-order valence-corrected chi connectivity index (χ0v) is 13.8. The average Bonchev–Trinajstić information content (AvgIpc) is 2.89. The van der Waals surface area contributed by atoms with Crippen LogP contribution in [0.5, 0.6) is 0 Å². The van der Waals surface area contributed by atoms with Gasteiger partial charge in [0, 0.05) is 16.3 Å². The number of aromatic nitrogens is 1. The Balaban J connectivity index is 2.43. The Morgan fingerprint density at radius 3 is 2.27 bits per heavy atom. The summed E-state index contributed by atoms with van der Waals surface area (Å²) >= 11 is 3.30. The summed E-state index contributed by atoms with van der Waals surface area (Å²) < 4.78 is 27.2. The summed E-state index contributed by atoms with van der Waals surface area (Å²) in [6.07, 6.45) is 0.704. The third kappa shape index (κ3) is 2.19. The molecule has 0 aliphatic rings. The Morgan fingerprint density at radius 1 is 1.00 bits per heavy atom. The first-order valence-corrected chi connectivity index (χ1v) is 9.11. The molecule has 0 saturated carbocycles. The molecule has 0 spiro atoms. The fourth-order valence-electron chi connectivity index (χ4n) is 2.52. The lowest BCUT2D eigenvalue weighted by Gasteiger charge is -2.10. The summed E-state index contributed by atoms with van der Waals surface area (Å²) in [6.45, 7) is 0. The smallest absolute Gasteiger partial charge is 0.268 e. The molecule has 0 fully saturated rings. The topological polar surface area (TPSA) is 56.1 Å². The zero-order valence-electron chi connectivity index (χ0n) is 11.4. The molecule has 0 aliphatic carbocycles. The number of benzene rings is 2. The van der Waals surface area contributed by atoms with E-state index >= 15 is 0 Å². The highest BCUT2D eigenvalue weighted by Crippen LogP contribution is 2.30. The van der Waals surface area contributed by atoms with Crippen molar-refractivity contribution in [3.8, 4) is 0 Å². The molecule has 0 unspecified atom stereocenters. The second-order valence-corrected chi connectivity index (χ2v) is 7.06. The molecule has 6 heteroatoms. The van der Waals surface area contributed by atoms with Crippen LogP contribution in [0.1, 0.15) is 16.1 Å². The molecule has 22 heavy (non-hydrogen) atoms. The SMILES string of the molecule is O=Cc1c(CBr)n(S(=O)(=O)c2ccccc2)c2ccccc12. The van der Waals surface area contributed by atoms with Gasteiger partial charge in [-0.15, -0.1) is 0 Å². The minimum Gasteiger partial charge on any atom is -0.298 e. The Labute approximate surface area is 136 Å². The molecule has 0 bridgehead atoms. The lowest BCUT2D eigenvalue weighted by Crippen LogP contribution is -2.15. The molecule has 0 saturated heterocycles. The number of carbonyl (C=O) groups is 1. The molecule has 1 aromatic heterocycles. The van der Waals surface area contributed by atoms with Crippen molar-refractivity contribution in [2.45, 2.75) is 10.2 Å². The molecule has 0 amide bonds. The molecule has 112 valence electrons. The van der Waals surface area contributed by atoms with Gasteiger partial charge >= 0.3 is 0 Å². The maximum atomic E-state index is 13.0. The fourth-order valence-corrected chi connectivity index (χ4v) is 4.82. The third-order valence-electron chi connectivity index (χ3n) is 3.49. The number of rotatable bonds is 4. The molecule has 0 atom stereocenters. The van der Waals surface area contributed by atoms with Crippen LogP contribution in [0.25, 0.3) is 10.9 Å². The van der Waals surface area contributed by atoms with E-state index in [9.17, 15) is 13.2 Å². The standard InChI is InChI=1S/C16H12BrNO3S/c17-10-16-14(11-19)13-8-4-5-9-15(13)18(16)22(20,21)12-6-2-1-3-7-12/h1-9,11H,10H2. The van der Waals surface area contributed by atoms with Crippen LogP contribution < -0.4 is 0 Å². The summed E-state index contributed by atoms with van der Waals surface area (Å²) in [5, 5.41) is 0.897. The molecular weight excluding hydrogens is 366 g/mol. The number of hydrogen-bond donors (Lipinski definition) is 0. The van der Waals surface area contributed by atoms with E-state index in [1.807, 2.05) is 0 Å². The van der Waals surface area contributed by atoms with Crippen molar-refractivity contribution < 1.29 is 13.2 Å². The van der Waals surface area contributed by atoms with E-state index in [1.54, 1.807) is 54.6 Å². The summed E-state index contributed by atoms with van der Waals surface area (Å²) in [7, 11) is -3.77. The normalized spacial score (nSPS) is 11.7. The summed E-state index contributed by atoms with van der Waals surface area (Å²) in [6, 6.07) is 15.2. The van der Waals surface area contributed by atoms with E-state index in [0.29, 0.717) is 28.4 Å². The van der Waals surface area contributed by atoms with Gasteiger partial charge in [0.25, 0.3) is 10.0 Å². The number of para-hydroxylation sites is 1. The van der Waals surface area contributed by atoms with Gasteiger partial charge in [0.1, 0.15) is 0 Å². The van der Waals surface area contributed by atoms with Gasteiger partial charge in [0.05, 0.1) is 16.1 Å². The van der Waals surface area contributed by atoms with Crippen molar-refractivity contribution in [3.05, 3.63) is 65.9 Å². The maximum Gasteiger partial charge on any atom is 0.268 e. The number of nitrogens with zero attached hydrogens (tertiary/aromatic N) is 1. The summed E-state index contributed by atoms with van der Waals surface area (Å²) in [5.41, 5.74) is 1.33. The van der Waals surface area contributed by atoms with Crippen LogP contribution >= 0.6 is 15.9 Å². The molecule has 3 rings (SSSR count). The van der Waals surface area contributed by atoms with Crippen molar-refractivity contribution in [2.75, 3.05) is 0 Å². The molecule has 2 aromatic carbocycles. The highest BCUT2D eigenvalue weighted by Gasteiger charge is 2.25. The van der Waals surface area contributed by atoms with E-state index in [1.165, 1.54) is 3.97 Å². The second kappa shape index (κ2) is 5.70. The van der Waals surface area contributed by atoms with Crippen molar-refractivity contribution in [3.63, 3.8) is 0 Å². The van der Waals surface area contributed by atoms with E-state index in [0.717, 1.165) is 0 Å². The first-order valence-electron chi connectivity index (χ1n) is 6.55. The Hall–Kier alpha value is -1.92. The summed E-state index contributed by atoms with van der Waals surface area (Å²) in [4.78, 5) is 11.6. The maximum absolute atomic E-state index is 13.0. The van der Waals surface area contributed by atoms with E-state index in [4.69, 9.17) is 0 Å². The van der Waals surface area contributed by atoms with Gasteiger partial charge in [0.15, 0.2) is 6.29 Å². The van der Waals surface area contributed by atoms with Gasteiger partial charge in [-0.1, -0.05) is 52.3 Å². The van der Waals surface area contributed by atoms with Crippen LogP contribution in [0.4, 0.5) is 0 Å². The lowest BCUT2D eigenvalue weighted by molar-refractivity contribution is 0.112. The van der Waals surface area contributed by atoms with Crippen LogP contribution in [0.2, 0.25) is 0 Å². The minimum atomic E-state index is -3.77. The first-order chi connectivity index (χ1) is 10.6. The van der Waals surface area contributed by atoms with Gasteiger partial charge in [0.2, 0.25) is 0 Å². The first kappa shape index (κ1) is 15.0. The number of fused-ring (bicyclic) bond motifs is 1. The van der Waals surface area contributed by atoms with E-state index < -0.39 is 10.0 Å². The van der Waals surface area contributed by atoms with Crippen LogP contribution in [-0.2, 0) is 15.4 Å². The molecule has 4 nitrogen and oxygen atoms in total. The largest absolute Gasteiger partial charge is 0.298 e. The van der Waals surface area contributed by atoms with Gasteiger partial charge in [-0.2, -0.15) is 0 Å². The van der Waals surface area contributed by atoms with Crippen LogP contribution in [0, 0.1) is 0 Å². The Kier molecular flexibility index (Phi) is 3.88. The average molecular weight is 378 g/mol. The number of alkyl halides is 1. The molecule has 0 N–H and O–H groups in total. The Morgan fingerprint density at radius 2 is 1.64 bits per heavy atom. The minimum absolute atomic E-state index is 0.190. The number of hydrogen-bond acceptors (Lipinski definition) is 3. The molecular formula is C16H12BrNO3S. The second-order valence-electron chi connectivity index (χ2n) is 4.71. The van der Waals surface area contributed by atoms with Gasteiger partial charge in [-0.25, -0.2) is 12.4 Å². The van der Waals surface area contributed by atoms with Gasteiger partial charge in [-0.05, 0) is 18.2 Å². The molecule has 3 aromatic rings. The molecule has 0 radical (unpaired) electrons. The number of aldehydes is 1. The van der Waals surface area contributed by atoms with Gasteiger partial charge < -0.3 is 0 Å². The van der Waals surface area contributed by atoms with Crippen molar-refractivity contribution in [2.24, 2.45) is 0 Å². The number of halogens is 1. The highest BCUT2D eigenvalue weighted by molar-refractivity contribution is 9.08. The Bertz CT molecular complexity index is 946. The summed E-state index contributed by atoms with van der Waals surface area (Å²) in [5.74, 6) is 0. The van der Waals surface area contributed by atoms with Crippen molar-refractivity contribution in [1.82, 2.24) is 3.97 Å². The highest BCUT2D eigenvalue weighted by atomic mass is 79.9. The third-order valence-corrected chi connectivity index (χ3v) is 5.79. The van der Waals surface area contributed by atoms with Crippen LogP contribution in [0.3, 0.4) is 0 Å². The van der Waals surface area contributed by atoms with E-state index in [-0.39, 0.29) is 10.2 Å². The quantitative estimate of drug-likeness (QED) is 0.515. The fraction of sp³-hybridized carbons (Fsp3) is 0.0625.